The van der Waals surface area contributed by atoms with Crippen molar-refractivity contribution in [3.8, 4) is 0 Å². The maximum Gasteiger partial charge on any atom is 0.298 e. The van der Waals surface area contributed by atoms with Crippen LogP contribution in [-0.2, 0) is 4.79 Å². The summed E-state index contributed by atoms with van der Waals surface area (Å²) in [5, 5.41) is 16.3. The first kappa shape index (κ1) is 13.8. The van der Waals surface area contributed by atoms with Gasteiger partial charge in [0.05, 0.1) is 4.92 Å². The van der Waals surface area contributed by atoms with Crippen LogP contribution in [-0.4, -0.2) is 28.9 Å². The summed E-state index contributed by atoms with van der Waals surface area (Å²) in [5.41, 5.74) is 0.417. The van der Waals surface area contributed by atoms with Gasteiger partial charge in [0.15, 0.2) is 11.1 Å². The van der Waals surface area contributed by atoms with Crippen molar-refractivity contribution in [2.24, 2.45) is 0 Å². The summed E-state index contributed by atoms with van der Waals surface area (Å²) in [5.74, 6) is -0.0814. The first-order chi connectivity index (χ1) is 9.61. The SMILES string of the molecule is CCNC(=O)CCNc1nc2c([N+](=O)[O-])cccc2o1. The number of amides is 1. The molecule has 0 spiro atoms. The molecule has 1 heterocycles. The normalized spacial score (nSPS) is 10.4. The van der Waals surface area contributed by atoms with Gasteiger partial charge < -0.3 is 15.1 Å². The molecule has 0 atom stereocenters. The number of nitro benzene ring substituents is 1. The number of nitro groups is 1. The van der Waals surface area contributed by atoms with Gasteiger partial charge in [0.25, 0.3) is 11.7 Å². The molecule has 1 aromatic carbocycles. The molecule has 8 nitrogen and oxygen atoms in total. The number of nitrogens with zero attached hydrogens (tertiary/aromatic N) is 2. The van der Waals surface area contributed by atoms with E-state index >= 15 is 0 Å². The predicted octanol–water partition coefficient (Wildman–Crippen LogP) is 1.67. The molecule has 0 saturated carbocycles. The van der Waals surface area contributed by atoms with Crippen LogP contribution in [0.2, 0.25) is 0 Å². The Balaban J connectivity index is 2.07. The van der Waals surface area contributed by atoms with Crippen molar-refractivity contribution in [3.05, 3.63) is 28.3 Å². The van der Waals surface area contributed by atoms with E-state index in [0.29, 0.717) is 18.7 Å². The Morgan fingerprint density at radius 3 is 3.00 bits per heavy atom. The summed E-state index contributed by atoms with van der Waals surface area (Å²) >= 11 is 0. The molecule has 20 heavy (non-hydrogen) atoms. The van der Waals surface area contributed by atoms with Crippen molar-refractivity contribution in [1.82, 2.24) is 10.3 Å². The molecular formula is C12H14N4O4. The summed E-state index contributed by atoms with van der Waals surface area (Å²) in [6.07, 6.45) is 0.272. The first-order valence-electron chi connectivity index (χ1n) is 6.16. The lowest BCUT2D eigenvalue weighted by Crippen LogP contribution is -2.24. The van der Waals surface area contributed by atoms with Crippen molar-refractivity contribution in [3.63, 3.8) is 0 Å². The van der Waals surface area contributed by atoms with Crippen molar-refractivity contribution in [2.45, 2.75) is 13.3 Å². The maximum atomic E-state index is 11.3. The zero-order chi connectivity index (χ0) is 14.5. The fourth-order valence-electron chi connectivity index (χ4n) is 1.73. The van der Waals surface area contributed by atoms with Crippen molar-refractivity contribution >= 4 is 28.7 Å². The van der Waals surface area contributed by atoms with Gasteiger partial charge in [0, 0.05) is 25.6 Å². The highest BCUT2D eigenvalue weighted by Crippen LogP contribution is 2.27. The van der Waals surface area contributed by atoms with E-state index in [1.54, 1.807) is 6.07 Å². The highest BCUT2D eigenvalue weighted by atomic mass is 16.6. The molecule has 2 rings (SSSR count). The number of rotatable bonds is 6. The fourth-order valence-corrected chi connectivity index (χ4v) is 1.73. The zero-order valence-electron chi connectivity index (χ0n) is 10.9. The van der Waals surface area contributed by atoms with Gasteiger partial charge in [-0.1, -0.05) is 6.07 Å². The van der Waals surface area contributed by atoms with Crippen LogP contribution < -0.4 is 10.6 Å². The average Bonchev–Trinajstić information content (AvgIpc) is 2.81. The van der Waals surface area contributed by atoms with Crippen molar-refractivity contribution in [1.29, 1.82) is 0 Å². The van der Waals surface area contributed by atoms with Crippen LogP contribution in [0.25, 0.3) is 11.1 Å². The number of carbonyl (C=O) groups is 1. The Morgan fingerprint density at radius 2 is 2.30 bits per heavy atom. The minimum absolute atomic E-state index is 0.0814. The number of oxazole rings is 1. The molecule has 0 fully saturated rings. The zero-order valence-corrected chi connectivity index (χ0v) is 10.9. The molecular weight excluding hydrogens is 264 g/mol. The minimum Gasteiger partial charge on any atom is -0.423 e. The highest BCUT2D eigenvalue weighted by molar-refractivity contribution is 5.84. The molecule has 0 aliphatic carbocycles. The molecule has 0 aliphatic rings. The van der Waals surface area contributed by atoms with Crippen LogP contribution in [0.4, 0.5) is 11.7 Å². The number of hydrogen-bond acceptors (Lipinski definition) is 6. The Bertz CT molecular complexity index is 637. The number of para-hydroxylation sites is 1. The Labute approximate surface area is 114 Å². The molecule has 2 aromatic rings. The largest absolute Gasteiger partial charge is 0.423 e. The third kappa shape index (κ3) is 3.02. The third-order valence-electron chi connectivity index (χ3n) is 2.60. The second-order valence-corrected chi connectivity index (χ2v) is 4.03. The van der Waals surface area contributed by atoms with E-state index in [-0.39, 0.29) is 29.5 Å². The molecule has 106 valence electrons. The maximum absolute atomic E-state index is 11.3. The van der Waals surface area contributed by atoms with Gasteiger partial charge in [-0.25, -0.2) is 0 Å². The Morgan fingerprint density at radius 1 is 1.50 bits per heavy atom. The molecule has 8 heteroatoms. The van der Waals surface area contributed by atoms with E-state index in [9.17, 15) is 14.9 Å². The topological polar surface area (TPSA) is 110 Å². The number of hydrogen-bond donors (Lipinski definition) is 2. The van der Waals surface area contributed by atoms with E-state index in [1.165, 1.54) is 12.1 Å². The van der Waals surface area contributed by atoms with Crippen molar-refractivity contribution < 1.29 is 14.1 Å². The molecule has 0 radical (unpaired) electrons. The van der Waals surface area contributed by atoms with Crippen LogP contribution in [0.3, 0.4) is 0 Å². The number of nitrogens with one attached hydrogen (secondary N) is 2. The molecule has 0 unspecified atom stereocenters. The Kier molecular flexibility index (Phi) is 4.14. The molecule has 0 bridgehead atoms. The molecule has 0 saturated heterocycles. The molecule has 0 aliphatic heterocycles. The number of aromatic nitrogens is 1. The van der Waals surface area contributed by atoms with Crippen LogP contribution in [0.1, 0.15) is 13.3 Å². The van der Waals surface area contributed by atoms with E-state index in [2.05, 4.69) is 15.6 Å². The van der Waals surface area contributed by atoms with Crippen LogP contribution >= 0.6 is 0 Å². The quantitative estimate of drug-likeness (QED) is 0.614. The van der Waals surface area contributed by atoms with Gasteiger partial charge in [0.2, 0.25) is 5.91 Å². The van der Waals surface area contributed by atoms with E-state index in [1.807, 2.05) is 6.92 Å². The lowest BCUT2D eigenvalue weighted by molar-refractivity contribution is -0.383. The summed E-state index contributed by atoms with van der Waals surface area (Å²) in [4.78, 5) is 25.6. The van der Waals surface area contributed by atoms with Gasteiger partial charge in [-0.15, -0.1) is 0 Å². The summed E-state index contributed by atoms with van der Waals surface area (Å²) < 4.78 is 5.34. The lowest BCUT2D eigenvalue weighted by Gasteiger charge is -2.01. The molecule has 1 aromatic heterocycles. The van der Waals surface area contributed by atoms with Crippen LogP contribution in [0, 0.1) is 10.1 Å². The van der Waals surface area contributed by atoms with Gasteiger partial charge >= 0.3 is 0 Å². The highest BCUT2D eigenvalue weighted by Gasteiger charge is 2.17. The van der Waals surface area contributed by atoms with Crippen molar-refractivity contribution in [2.75, 3.05) is 18.4 Å². The number of anilines is 1. The number of non-ortho nitro benzene ring substituents is 1. The first-order valence-corrected chi connectivity index (χ1v) is 6.16. The molecule has 1 amide bonds. The van der Waals surface area contributed by atoms with Gasteiger partial charge in [-0.05, 0) is 13.0 Å². The Hall–Kier alpha value is -2.64. The monoisotopic (exact) mass is 278 g/mol. The number of carbonyl (C=O) groups excluding carboxylic acids is 1. The second kappa shape index (κ2) is 6.00. The van der Waals surface area contributed by atoms with Gasteiger partial charge in [0.1, 0.15) is 0 Å². The van der Waals surface area contributed by atoms with E-state index in [4.69, 9.17) is 4.42 Å². The van der Waals surface area contributed by atoms with Crippen LogP contribution in [0.15, 0.2) is 22.6 Å². The van der Waals surface area contributed by atoms with Gasteiger partial charge in [-0.3, -0.25) is 14.9 Å². The second-order valence-electron chi connectivity index (χ2n) is 4.03. The third-order valence-corrected chi connectivity index (χ3v) is 2.60. The summed E-state index contributed by atoms with van der Waals surface area (Å²) in [6, 6.07) is 4.66. The minimum atomic E-state index is -0.511. The predicted molar refractivity (Wildman–Crippen MR) is 72.5 cm³/mol. The fraction of sp³-hybridized carbons (Fsp3) is 0.333. The summed E-state index contributed by atoms with van der Waals surface area (Å²) in [6.45, 7) is 2.76. The summed E-state index contributed by atoms with van der Waals surface area (Å²) in [7, 11) is 0. The standard InChI is InChI=1S/C12H14N4O4/c1-2-13-10(17)6-7-14-12-15-11-8(16(18)19)4-3-5-9(11)20-12/h3-5H,2,6-7H2,1H3,(H,13,17)(H,14,15). The average molecular weight is 278 g/mol. The lowest BCUT2D eigenvalue weighted by atomic mass is 10.3. The number of benzene rings is 1. The van der Waals surface area contributed by atoms with E-state index in [0.717, 1.165) is 0 Å². The van der Waals surface area contributed by atoms with E-state index < -0.39 is 4.92 Å². The number of fused-ring (bicyclic) bond motifs is 1. The molecule has 2 N–H and O–H groups in total. The van der Waals surface area contributed by atoms with Gasteiger partial charge in [-0.2, -0.15) is 4.98 Å². The smallest absolute Gasteiger partial charge is 0.298 e. The van der Waals surface area contributed by atoms with Crippen LogP contribution in [0.5, 0.6) is 0 Å².